The molecule has 2 aromatic heterocycles. The van der Waals surface area contributed by atoms with Crippen LogP contribution >= 0.6 is 23.1 Å². The number of para-hydroxylation sites is 2. The van der Waals surface area contributed by atoms with Crippen molar-refractivity contribution >= 4 is 34.1 Å². The molecule has 33 heavy (non-hydrogen) atoms. The third kappa shape index (κ3) is 5.23. The van der Waals surface area contributed by atoms with E-state index in [1.807, 2.05) is 66.1 Å². The highest BCUT2D eigenvalue weighted by atomic mass is 32.2. The highest BCUT2D eigenvalue weighted by Gasteiger charge is 2.27. The van der Waals surface area contributed by atoms with E-state index in [9.17, 15) is 4.79 Å². The largest absolute Gasteiger partial charge is 0.485 e. The monoisotopic (exact) mass is 478 g/mol. The van der Waals surface area contributed by atoms with Gasteiger partial charge in [-0.1, -0.05) is 59.5 Å². The molecule has 0 radical (unpaired) electrons. The van der Waals surface area contributed by atoms with Crippen LogP contribution in [0.1, 0.15) is 35.2 Å². The van der Waals surface area contributed by atoms with E-state index in [4.69, 9.17) is 4.74 Å². The Hall–Kier alpha value is -3.24. The molecule has 10 heteroatoms. The van der Waals surface area contributed by atoms with Crippen molar-refractivity contribution in [2.24, 2.45) is 0 Å². The molecule has 8 nitrogen and oxygen atoms in total. The van der Waals surface area contributed by atoms with Gasteiger partial charge in [0.2, 0.25) is 11.0 Å². The first-order valence-corrected chi connectivity index (χ1v) is 12.4. The van der Waals surface area contributed by atoms with Gasteiger partial charge in [-0.15, -0.1) is 20.4 Å². The first-order valence-electron chi connectivity index (χ1n) is 10.6. The van der Waals surface area contributed by atoms with Crippen molar-refractivity contribution in [3.05, 3.63) is 71.0 Å². The minimum atomic E-state index is -0.154. The average molecular weight is 479 g/mol. The number of hydrogen-bond donors (Lipinski definition) is 1. The molecule has 1 aliphatic rings. The normalized spacial score (nSPS) is 13.1. The van der Waals surface area contributed by atoms with Crippen molar-refractivity contribution in [2.45, 2.75) is 37.4 Å². The Morgan fingerprint density at radius 3 is 2.67 bits per heavy atom. The van der Waals surface area contributed by atoms with Gasteiger partial charge >= 0.3 is 0 Å². The average Bonchev–Trinajstić information content (AvgIpc) is 3.44. The molecule has 0 saturated heterocycles. The standard InChI is InChI=1S/C23H22N6O2S2/c1-15-7-5-6-10-18(15)31-13-19-25-28-23(29(19)17-8-3-2-4-9-17)32-14-20(30)24-22-27-26-21(33-22)16-11-12-16/h2-10,16H,11-14H2,1H3,(H,24,27,30). The molecule has 1 N–H and O–H groups in total. The molecule has 2 aromatic carbocycles. The molecular weight excluding hydrogens is 456 g/mol. The van der Waals surface area contributed by atoms with Gasteiger partial charge in [-0.05, 0) is 43.5 Å². The number of anilines is 1. The number of hydrogen-bond acceptors (Lipinski definition) is 8. The lowest BCUT2D eigenvalue weighted by atomic mass is 10.2. The van der Waals surface area contributed by atoms with Crippen molar-refractivity contribution in [1.29, 1.82) is 0 Å². The molecule has 5 rings (SSSR count). The Balaban J connectivity index is 1.29. The molecule has 4 aromatic rings. The second-order valence-electron chi connectivity index (χ2n) is 7.68. The van der Waals surface area contributed by atoms with Crippen molar-refractivity contribution in [1.82, 2.24) is 25.0 Å². The zero-order chi connectivity index (χ0) is 22.6. The number of nitrogens with zero attached hydrogens (tertiary/aromatic N) is 5. The molecule has 1 amide bonds. The number of carbonyl (C=O) groups excluding carboxylic acids is 1. The van der Waals surface area contributed by atoms with Gasteiger partial charge in [-0.25, -0.2) is 0 Å². The van der Waals surface area contributed by atoms with Gasteiger partial charge < -0.3 is 4.74 Å². The maximum absolute atomic E-state index is 12.5. The Kier molecular flexibility index (Phi) is 6.36. The van der Waals surface area contributed by atoms with Gasteiger partial charge in [0.1, 0.15) is 17.4 Å². The molecule has 2 heterocycles. The van der Waals surface area contributed by atoms with Crippen LogP contribution in [0.2, 0.25) is 0 Å². The lowest BCUT2D eigenvalue weighted by molar-refractivity contribution is -0.113. The van der Waals surface area contributed by atoms with Crippen LogP contribution in [-0.2, 0) is 11.4 Å². The van der Waals surface area contributed by atoms with E-state index in [0.29, 0.717) is 22.0 Å². The summed E-state index contributed by atoms with van der Waals surface area (Å²) in [5.41, 5.74) is 1.96. The number of carbonyl (C=O) groups is 1. The summed E-state index contributed by atoms with van der Waals surface area (Å²) in [5, 5.41) is 21.9. The molecule has 168 valence electrons. The van der Waals surface area contributed by atoms with Crippen LogP contribution in [0.4, 0.5) is 5.13 Å². The zero-order valence-corrected chi connectivity index (χ0v) is 19.6. The first kappa shape index (κ1) is 21.6. The second-order valence-corrected chi connectivity index (χ2v) is 9.63. The SMILES string of the molecule is Cc1ccccc1OCc1nnc(SCC(=O)Nc2nnc(C3CC3)s2)n1-c1ccccc1. The van der Waals surface area contributed by atoms with E-state index < -0.39 is 0 Å². The fraction of sp³-hybridized carbons (Fsp3) is 0.261. The van der Waals surface area contributed by atoms with Gasteiger partial charge in [-0.3, -0.25) is 14.7 Å². The summed E-state index contributed by atoms with van der Waals surface area (Å²) in [6.07, 6.45) is 2.31. The van der Waals surface area contributed by atoms with Crippen LogP contribution in [-0.4, -0.2) is 36.6 Å². The van der Waals surface area contributed by atoms with Crippen LogP contribution in [0.5, 0.6) is 5.75 Å². The zero-order valence-electron chi connectivity index (χ0n) is 18.0. The number of benzene rings is 2. The predicted octanol–water partition coefficient (Wildman–Crippen LogP) is 4.61. The van der Waals surface area contributed by atoms with E-state index in [1.165, 1.54) is 23.1 Å². The highest BCUT2D eigenvalue weighted by molar-refractivity contribution is 7.99. The van der Waals surface area contributed by atoms with Crippen molar-refractivity contribution in [3.8, 4) is 11.4 Å². The van der Waals surface area contributed by atoms with Crippen molar-refractivity contribution < 1.29 is 9.53 Å². The fourth-order valence-corrected chi connectivity index (χ4v) is 4.95. The molecule has 0 unspecified atom stereocenters. The third-order valence-corrected chi connectivity index (χ3v) is 7.04. The molecule has 1 aliphatic carbocycles. The van der Waals surface area contributed by atoms with Crippen LogP contribution in [0.3, 0.4) is 0 Å². The summed E-state index contributed by atoms with van der Waals surface area (Å²) >= 11 is 2.77. The third-order valence-electron chi connectivity index (χ3n) is 5.11. The predicted molar refractivity (Wildman–Crippen MR) is 128 cm³/mol. The topological polar surface area (TPSA) is 94.8 Å². The lowest BCUT2D eigenvalue weighted by Crippen LogP contribution is -2.14. The van der Waals surface area contributed by atoms with E-state index in [2.05, 4.69) is 25.7 Å². The van der Waals surface area contributed by atoms with Crippen molar-refractivity contribution in [3.63, 3.8) is 0 Å². The maximum atomic E-state index is 12.5. The summed E-state index contributed by atoms with van der Waals surface area (Å²) in [4.78, 5) is 12.5. The molecule has 1 saturated carbocycles. The van der Waals surface area contributed by atoms with Gasteiger partial charge in [0.25, 0.3) is 0 Å². The lowest BCUT2D eigenvalue weighted by Gasteiger charge is -2.12. The summed E-state index contributed by atoms with van der Waals surface area (Å²) in [5.74, 6) is 2.01. The molecule has 0 atom stereocenters. The van der Waals surface area contributed by atoms with Gasteiger partial charge in [-0.2, -0.15) is 0 Å². The van der Waals surface area contributed by atoms with Crippen molar-refractivity contribution in [2.75, 3.05) is 11.1 Å². The smallest absolute Gasteiger partial charge is 0.236 e. The summed E-state index contributed by atoms with van der Waals surface area (Å²) in [6, 6.07) is 17.7. The van der Waals surface area contributed by atoms with Gasteiger partial charge in [0.15, 0.2) is 11.0 Å². The number of aromatic nitrogens is 5. The number of thioether (sulfide) groups is 1. The molecule has 0 aliphatic heterocycles. The van der Waals surface area contributed by atoms with Crippen LogP contribution < -0.4 is 10.1 Å². The Morgan fingerprint density at radius 2 is 1.88 bits per heavy atom. The van der Waals surface area contributed by atoms with Crippen LogP contribution in [0.25, 0.3) is 5.69 Å². The minimum absolute atomic E-state index is 0.154. The number of aryl methyl sites for hydroxylation is 1. The Morgan fingerprint density at radius 1 is 1.09 bits per heavy atom. The van der Waals surface area contributed by atoms with E-state index in [0.717, 1.165) is 34.8 Å². The van der Waals surface area contributed by atoms with E-state index >= 15 is 0 Å². The summed E-state index contributed by atoms with van der Waals surface area (Å²) in [7, 11) is 0. The quantitative estimate of drug-likeness (QED) is 0.351. The number of ether oxygens (including phenoxy) is 1. The number of nitrogens with one attached hydrogen (secondary N) is 1. The van der Waals surface area contributed by atoms with Crippen LogP contribution in [0, 0.1) is 6.92 Å². The summed E-state index contributed by atoms with van der Waals surface area (Å²) in [6.45, 7) is 2.26. The van der Waals surface area contributed by atoms with E-state index in [1.54, 1.807) is 0 Å². The molecule has 0 bridgehead atoms. The van der Waals surface area contributed by atoms with E-state index in [-0.39, 0.29) is 18.3 Å². The summed E-state index contributed by atoms with van der Waals surface area (Å²) < 4.78 is 7.93. The maximum Gasteiger partial charge on any atom is 0.236 e. The molecule has 1 fully saturated rings. The van der Waals surface area contributed by atoms with Gasteiger partial charge in [0.05, 0.1) is 5.75 Å². The number of amides is 1. The molecule has 0 spiro atoms. The first-order chi connectivity index (χ1) is 16.2. The second kappa shape index (κ2) is 9.72. The number of rotatable bonds is 9. The molecular formula is C23H22N6O2S2. The fourth-order valence-electron chi connectivity index (χ4n) is 3.25. The van der Waals surface area contributed by atoms with Gasteiger partial charge in [0, 0.05) is 11.6 Å². The Labute approximate surface area is 199 Å². The minimum Gasteiger partial charge on any atom is -0.485 e. The highest BCUT2D eigenvalue weighted by Crippen LogP contribution is 2.42. The van der Waals surface area contributed by atoms with Crippen LogP contribution in [0.15, 0.2) is 59.8 Å². The Bertz CT molecular complexity index is 1250.